The predicted octanol–water partition coefficient (Wildman–Crippen LogP) is 4.44. The quantitative estimate of drug-likeness (QED) is 0.760. The van der Waals surface area contributed by atoms with E-state index in [9.17, 15) is 0 Å². The first-order chi connectivity index (χ1) is 10.3. The summed E-state index contributed by atoms with van der Waals surface area (Å²) >= 11 is 1.68. The molecule has 0 aliphatic carbocycles. The molecule has 0 fully saturated rings. The lowest BCUT2D eigenvalue weighted by Crippen LogP contribution is -2.17. The number of aromatic nitrogens is 2. The highest BCUT2D eigenvalue weighted by molar-refractivity contribution is 7.15. The maximum Gasteiger partial charge on any atom is 0.194 e. The van der Waals surface area contributed by atoms with E-state index in [1.54, 1.807) is 11.3 Å². The summed E-state index contributed by atoms with van der Waals surface area (Å²) in [5.74, 6) is 0. The van der Waals surface area contributed by atoms with Gasteiger partial charge in [0, 0.05) is 17.3 Å². The minimum atomic E-state index is 0.000899. The van der Waals surface area contributed by atoms with Crippen LogP contribution in [0.4, 0.5) is 0 Å². The van der Waals surface area contributed by atoms with Crippen LogP contribution in [0.1, 0.15) is 43.3 Å². The summed E-state index contributed by atoms with van der Waals surface area (Å²) in [6.45, 7) is 11.4. The summed E-state index contributed by atoms with van der Waals surface area (Å²) in [5, 5.41) is 2.18. The number of thiazole rings is 1. The van der Waals surface area contributed by atoms with Crippen molar-refractivity contribution in [3.63, 3.8) is 0 Å². The summed E-state index contributed by atoms with van der Waals surface area (Å²) < 4.78 is 2.23. The first-order valence-electron chi connectivity index (χ1n) is 7.60. The van der Waals surface area contributed by atoms with Crippen LogP contribution in [-0.4, -0.2) is 9.38 Å². The average Bonchev–Trinajstić information content (AvgIpc) is 2.99. The summed E-state index contributed by atoms with van der Waals surface area (Å²) in [4.78, 5) is 5.87. The first kappa shape index (κ1) is 15.3. The van der Waals surface area contributed by atoms with E-state index >= 15 is 0 Å². The fourth-order valence-corrected chi connectivity index (χ4v) is 3.72. The van der Waals surface area contributed by atoms with Crippen LogP contribution < -0.4 is 5.73 Å². The lowest BCUT2D eigenvalue weighted by Gasteiger charge is -2.17. The molecule has 3 rings (SSSR count). The number of nitrogens with two attached hydrogens (primary N) is 1. The van der Waals surface area contributed by atoms with Crippen LogP contribution in [0.15, 0.2) is 23.6 Å². The second-order valence-corrected chi connectivity index (χ2v) is 7.74. The molecule has 3 nitrogen and oxygen atoms in total. The minimum absolute atomic E-state index is 0.000899. The molecule has 2 aromatic heterocycles. The number of hydrogen-bond acceptors (Lipinski definition) is 3. The smallest absolute Gasteiger partial charge is 0.194 e. The minimum Gasteiger partial charge on any atom is -0.325 e. The molecule has 116 valence electrons. The number of imidazole rings is 1. The van der Waals surface area contributed by atoms with Gasteiger partial charge in [0.15, 0.2) is 4.96 Å². The van der Waals surface area contributed by atoms with E-state index in [0.717, 1.165) is 16.3 Å². The zero-order chi connectivity index (χ0) is 16.1. The van der Waals surface area contributed by atoms with Gasteiger partial charge >= 0.3 is 0 Å². The van der Waals surface area contributed by atoms with Gasteiger partial charge in [-0.3, -0.25) is 4.40 Å². The lowest BCUT2D eigenvalue weighted by molar-refractivity contribution is 0.564. The van der Waals surface area contributed by atoms with E-state index in [0.29, 0.717) is 6.54 Å². The fraction of sp³-hybridized carbons (Fsp3) is 0.389. The number of rotatable bonds is 2. The van der Waals surface area contributed by atoms with Crippen molar-refractivity contribution < 1.29 is 0 Å². The summed E-state index contributed by atoms with van der Waals surface area (Å²) in [7, 11) is 0. The first-order valence-corrected chi connectivity index (χ1v) is 8.48. The van der Waals surface area contributed by atoms with Crippen LogP contribution in [0, 0.1) is 13.8 Å². The zero-order valence-electron chi connectivity index (χ0n) is 13.9. The molecular formula is C18H23N3S. The topological polar surface area (TPSA) is 43.3 Å². The Balaban J connectivity index is 2.27. The molecule has 0 spiro atoms. The van der Waals surface area contributed by atoms with Gasteiger partial charge < -0.3 is 5.73 Å². The van der Waals surface area contributed by atoms with Gasteiger partial charge in [0.05, 0.1) is 17.1 Å². The molecule has 4 heteroatoms. The molecule has 0 saturated heterocycles. The third kappa shape index (κ3) is 2.36. The van der Waals surface area contributed by atoms with Gasteiger partial charge in [-0.15, -0.1) is 11.3 Å². The van der Waals surface area contributed by atoms with Gasteiger partial charge in [-0.1, -0.05) is 32.9 Å². The molecule has 22 heavy (non-hydrogen) atoms. The van der Waals surface area contributed by atoms with Gasteiger partial charge in [0.1, 0.15) is 0 Å². The predicted molar refractivity (Wildman–Crippen MR) is 94.6 cm³/mol. The summed E-state index contributed by atoms with van der Waals surface area (Å²) in [6.07, 6.45) is 0. The highest BCUT2D eigenvalue weighted by atomic mass is 32.1. The van der Waals surface area contributed by atoms with Crippen LogP contribution in [0.5, 0.6) is 0 Å². The third-order valence-corrected chi connectivity index (χ3v) is 4.99. The van der Waals surface area contributed by atoms with Gasteiger partial charge in [-0.05, 0) is 36.6 Å². The van der Waals surface area contributed by atoms with Crippen molar-refractivity contribution in [1.82, 2.24) is 9.38 Å². The highest BCUT2D eigenvalue weighted by Crippen LogP contribution is 2.33. The molecule has 0 atom stereocenters. The van der Waals surface area contributed by atoms with Crippen molar-refractivity contribution >= 4 is 16.3 Å². The van der Waals surface area contributed by atoms with Crippen molar-refractivity contribution in [3.05, 3.63) is 46.1 Å². The Hall–Kier alpha value is -1.65. The second kappa shape index (κ2) is 5.21. The number of fused-ring (bicyclic) bond motifs is 1. The molecule has 2 N–H and O–H groups in total. The van der Waals surface area contributed by atoms with E-state index in [4.69, 9.17) is 10.7 Å². The van der Waals surface area contributed by atoms with Gasteiger partial charge in [0.25, 0.3) is 0 Å². The standard InChI is InChI=1S/C18H23N3S/c1-11-6-7-13(8-12(11)2)15-10-22-17-20-16(18(3,4)5)14(9-19)21(15)17/h6-8,10H,9,19H2,1-5H3. The van der Waals surface area contributed by atoms with Crippen LogP contribution in [0.25, 0.3) is 16.2 Å². The Kier molecular flexibility index (Phi) is 3.62. The van der Waals surface area contributed by atoms with Crippen LogP contribution in [0.3, 0.4) is 0 Å². The molecule has 0 bridgehead atoms. The van der Waals surface area contributed by atoms with Crippen molar-refractivity contribution in [1.29, 1.82) is 0 Å². The molecule has 0 radical (unpaired) electrons. The zero-order valence-corrected chi connectivity index (χ0v) is 14.7. The van der Waals surface area contributed by atoms with Crippen molar-refractivity contribution in [2.75, 3.05) is 0 Å². The molecule has 0 amide bonds. The van der Waals surface area contributed by atoms with Crippen molar-refractivity contribution in [3.8, 4) is 11.3 Å². The van der Waals surface area contributed by atoms with Crippen molar-refractivity contribution in [2.24, 2.45) is 5.73 Å². The lowest BCUT2D eigenvalue weighted by atomic mass is 9.90. The summed E-state index contributed by atoms with van der Waals surface area (Å²) in [5.41, 5.74) is 13.3. The van der Waals surface area contributed by atoms with Crippen LogP contribution in [0.2, 0.25) is 0 Å². The Morgan fingerprint density at radius 2 is 1.91 bits per heavy atom. The van der Waals surface area contributed by atoms with Crippen molar-refractivity contribution in [2.45, 2.75) is 46.6 Å². The Morgan fingerprint density at radius 3 is 2.50 bits per heavy atom. The molecule has 1 aromatic carbocycles. The Labute approximate surface area is 135 Å². The second-order valence-electron chi connectivity index (χ2n) is 6.90. The molecule has 3 aromatic rings. The Bertz CT molecular complexity index is 834. The third-order valence-electron chi connectivity index (χ3n) is 4.17. The Morgan fingerprint density at radius 1 is 1.18 bits per heavy atom. The van der Waals surface area contributed by atoms with Gasteiger partial charge in [0.2, 0.25) is 0 Å². The van der Waals surface area contributed by atoms with Crippen LogP contribution >= 0.6 is 11.3 Å². The van der Waals surface area contributed by atoms with Gasteiger partial charge in [-0.25, -0.2) is 4.98 Å². The van der Waals surface area contributed by atoms with E-state index in [1.807, 2.05) is 0 Å². The molecular weight excluding hydrogens is 290 g/mol. The molecule has 0 unspecified atom stereocenters. The number of aryl methyl sites for hydroxylation is 2. The SMILES string of the molecule is Cc1ccc(-c2csc3nc(C(C)(C)C)c(CN)n23)cc1C. The van der Waals surface area contributed by atoms with E-state index in [2.05, 4.69) is 62.6 Å². The summed E-state index contributed by atoms with van der Waals surface area (Å²) in [6, 6.07) is 6.60. The molecule has 0 aliphatic rings. The average molecular weight is 313 g/mol. The van der Waals surface area contributed by atoms with E-state index < -0.39 is 0 Å². The normalized spacial score (nSPS) is 12.3. The number of nitrogens with zero attached hydrogens (tertiary/aromatic N) is 2. The molecule has 2 heterocycles. The maximum absolute atomic E-state index is 6.06. The molecule has 0 aliphatic heterocycles. The number of hydrogen-bond donors (Lipinski definition) is 1. The molecule has 0 saturated carbocycles. The van der Waals surface area contributed by atoms with Crippen LogP contribution in [-0.2, 0) is 12.0 Å². The van der Waals surface area contributed by atoms with Gasteiger partial charge in [-0.2, -0.15) is 0 Å². The van der Waals surface area contributed by atoms with E-state index in [-0.39, 0.29) is 5.41 Å². The monoisotopic (exact) mass is 313 g/mol. The fourth-order valence-electron chi connectivity index (χ4n) is 2.81. The number of benzene rings is 1. The maximum atomic E-state index is 6.06. The largest absolute Gasteiger partial charge is 0.325 e. The van der Waals surface area contributed by atoms with E-state index in [1.165, 1.54) is 22.4 Å². The highest BCUT2D eigenvalue weighted by Gasteiger charge is 2.25.